The van der Waals surface area contributed by atoms with Crippen molar-refractivity contribution in [2.45, 2.75) is 26.2 Å². The molecule has 2 N–H and O–H groups in total. The van der Waals surface area contributed by atoms with Crippen LogP contribution in [0.5, 0.6) is 5.75 Å². The summed E-state index contributed by atoms with van der Waals surface area (Å²) in [6.45, 7) is 2.72. The van der Waals surface area contributed by atoms with Gasteiger partial charge in [-0.05, 0) is 58.7 Å². The number of anilines is 1. The lowest BCUT2D eigenvalue weighted by Crippen LogP contribution is -2.32. The third-order valence-corrected chi connectivity index (χ3v) is 4.38. The van der Waals surface area contributed by atoms with Crippen LogP contribution in [-0.2, 0) is 4.79 Å². The van der Waals surface area contributed by atoms with Gasteiger partial charge in [0.25, 0.3) is 5.91 Å². The number of nitrogens with one attached hydrogen (secondary N) is 2. The summed E-state index contributed by atoms with van der Waals surface area (Å²) in [5, 5.41) is 5.35. The minimum atomic E-state index is -0.301. The molecule has 0 spiro atoms. The molecule has 0 fully saturated rings. The highest BCUT2D eigenvalue weighted by Gasteiger charge is 2.09. The molecule has 0 aliphatic rings. The molecule has 0 saturated carbocycles. The Labute approximate surface area is 162 Å². The van der Waals surface area contributed by atoms with Crippen molar-refractivity contribution in [3.8, 4) is 5.75 Å². The Kier molecular flexibility index (Phi) is 8.15. The van der Waals surface area contributed by atoms with Crippen LogP contribution in [0.2, 0.25) is 0 Å². The zero-order valence-electron chi connectivity index (χ0n) is 14.8. The monoisotopic (exact) mass is 418 g/mol. The Morgan fingerprint density at radius 2 is 1.77 bits per heavy atom. The first-order valence-corrected chi connectivity index (χ1v) is 9.45. The number of halogens is 1. The molecule has 5 nitrogen and oxygen atoms in total. The van der Waals surface area contributed by atoms with Crippen molar-refractivity contribution in [3.05, 3.63) is 58.6 Å². The van der Waals surface area contributed by atoms with Crippen LogP contribution in [0.25, 0.3) is 0 Å². The van der Waals surface area contributed by atoms with E-state index in [1.807, 2.05) is 18.2 Å². The quantitative estimate of drug-likeness (QED) is 0.593. The van der Waals surface area contributed by atoms with Crippen molar-refractivity contribution in [2.24, 2.45) is 0 Å². The van der Waals surface area contributed by atoms with Gasteiger partial charge in [-0.15, -0.1) is 0 Å². The van der Waals surface area contributed by atoms with E-state index >= 15 is 0 Å². The summed E-state index contributed by atoms with van der Waals surface area (Å²) in [5.74, 6) is 0.148. The number of rotatable bonds is 9. The lowest BCUT2D eigenvalue weighted by atomic mass is 10.2. The minimum Gasteiger partial charge on any atom is -0.494 e. The van der Waals surface area contributed by atoms with Gasteiger partial charge in [-0.25, -0.2) is 0 Å². The predicted molar refractivity (Wildman–Crippen MR) is 107 cm³/mol. The van der Waals surface area contributed by atoms with Crippen molar-refractivity contribution in [1.82, 2.24) is 5.32 Å². The van der Waals surface area contributed by atoms with Crippen LogP contribution < -0.4 is 15.4 Å². The molecule has 26 heavy (non-hydrogen) atoms. The average Bonchev–Trinajstić information content (AvgIpc) is 2.66. The number of hydrogen-bond acceptors (Lipinski definition) is 3. The summed E-state index contributed by atoms with van der Waals surface area (Å²) >= 11 is 3.36. The van der Waals surface area contributed by atoms with Gasteiger partial charge in [-0.3, -0.25) is 9.59 Å². The predicted octanol–water partition coefficient (Wildman–Crippen LogP) is 4.39. The van der Waals surface area contributed by atoms with E-state index in [1.165, 1.54) is 0 Å². The summed E-state index contributed by atoms with van der Waals surface area (Å²) < 4.78 is 6.40. The van der Waals surface area contributed by atoms with Gasteiger partial charge >= 0.3 is 0 Å². The Morgan fingerprint density at radius 1 is 1.04 bits per heavy atom. The lowest BCUT2D eigenvalue weighted by Gasteiger charge is -2.09. The molecule has 2 aromatic carbocycles. The largest absolute Gasteiger partial charge is 0.494 e. The highest BCUT2D eigenvalue weighted by Crippen LogP contribution is 2.20. The summed E-state index contributed by atoms with van der Waals surface area (Å²) in [5.41, 5.74) is 1.15. The number of hydrogen-bond donors (Lipinski definition) is 2. The second-order valence-corrected chi connectivity index (χ2v) is 6.64. The van der Waals surface area contributed by atoms with Crippen LogP contribution in [0.1, 0.15) is 36.5 Å². The molecule has 0 radical (unpaired) electrons. The van der Waals surface area contributed by atoms with E-state index in [9.17, 15) is 9.59 Å². The number of benzene rings is 2. The van der Waals surface area contributed by atoms with Gasteiger partial charge in [0, 0.05) is 10.0 Å². The summed E-state index contributed by atoms with van der Waals surface area (Å²) in [6.07, 6.45) is 3.31. The first-order chi connectivity index (χ1) is 12.6. The van der Waals surface area contributed by atoms with E-state index in [0.29, 0.717) is 17.9 Å². The molecule has 0 aliphatic carbocycles. The van der Waals surface area contributed by atoms with Crippen LogP contribution in [0.15, 0.2) is 53.0 Å². The summed E-state index contributed by atoms with van der Waals surface area (Å²) in [6, 6.07) is 14.2. The van der Waals surface area contributed by atoms with Gasteiger partial charge < -0.3 is 15.4 Å². The van der Waals surface area contributed by atoms with Gasteiger partial charge in [0.15, 0.2) is 0 Å². The Bertz CT molecular complexity index is 732. The Morgan fingerprint density at radius 3 is 2.46 bits per heavy atom. The van der Waals surface area contributed by atoms with E-state index in [-0.39, 0.29) is 18.4 Å². The molecule has 6 heteroatoms. The van der Waals surface area contributed by atoms with E-state index in [1.54, 1.807) is 30.3 Å². The fraction of sp³-hybridized carbons (Fsp3) is 0.300. The van der Waals surface area contributed by atoms with Gasteiger partial charge in [0.2, 0.25) is 5.91 Å². The maximum Gasteiger partial charge on any atom is 0.251 e. The highest BCUT2D eigenvalue weighted by atomic mass is 79.9. The molecule has 0 aromatic heterocycles. The van der Waals surface area contributed by atoms with Crippen LogP contribution in [0.3, 0.4) is 0 Å². The molecular formula is C20H23BrN2O3. The number of ether oxygens (including phenoxy) is 1. The number of carbonyl (C=O) groups is 2. The van der Waals surface area contributed by atoms with Gasteiger partial charge in [0.1, 0.15) is 5.75 Å². The Balaban J connectivity index is 1.78. The van der Waals surface area contributed by atoms with Gasteiger partial charge in [0.05, 0.1) is 18.8 Å². The molecule has 138 valence electrons. The van der Waals surface area contributed by atoms with E-state index in [4.69, 9.17) is 4.74 Å². The second-order valence-electron chi connectivity index (χ2n) is 5.79. The average molecular weight is 419 g/mol. The van der Waals surface area contributed by atoms with Crippen molar-refractivity contribution in [2.75, 3.05) is 18.5 Å². The second kappa shape index (κ2) is 10.6. The van der Waals surface area contributed by atoms with Crippen LogP contribution in [-0.4, -0.2) is 25.0 Å². The number of para-hydroxylation sites is 1. The first-order valence-electron chi connectivity index (χ1n) is 8.65. The zero-order valence-corrected chi connectivity index (χ0v) is 16.3. The molecule has 0 bridgehead atoms. The molecule has 2 aromatic rings. The topological polar surface area (TPSA) is 67.4 Å². The van der Waals surface area contributed by atoms with Gasteiger partial charge in [-0.1, -0.05) is 31.9 Å². The fourth-order valence-electron chi connectivity index (χ4n) is 2.26. The lowest BCUT2D eigenvalue weighted by molar-refractivity contribution is -0.115. The molecular weight excluding hydrogens is 396 g/mol. The third-order valence-electron chi connectivity index (χ3n) is 3.69. The number of unbranched alkanes of at least 4 members (excludes halogenated alkanes) is 2. The van der Waals surface area contributed by atoms with Crippen molar-refractivity contribution in [3.63, 3.8) is 0 Å². The standard InChI is InChI=1S/C20H23BrN2O3/c1-2-3-6-13-26-16-11-9-15(10-12-16)20(25)22-14-19(24)23-18-8-5-4-7-17(18)21/h4-5,7-12H,2-3,6,13-14H2,1H3,(H,22,25)(H,23,24). The van der Waals surface area contributed by atoms with Crippen molar-refractivity contribution >= 4 is 33.4 Å². The Hall–Kier alpha value is -2.34. The highest BCUT2D eigenvalue weighted by molar-refractivity contribution is 9.10. The summed E-state index contributed by atoms with van der Waals surface area (Å²) in [7, 11) is 0. The van der Waals surface area contributed by atoms with E-state index < -0.39 is 0 Å². The number of carbonyl (C=O) groups excluding carboxylic acids is 2. The van der Waals surface area contributed by atoms with Crippen LogP contribution in [0, 0.1) is 0 Å². The summed E-state index contributed by atoms with van der Waals surface area (Å²) in [4.78, 5) is 24.1. The SMILES string of the molecule is CCCCCOc1ccc(C(=O)NCC(=O)Nc2ccccc2Br)cc1. The van der Waals surface area contributed by atoms with E-state index in [0.717, 1.165) is 29.5 Å². The third kappa shape index (κ3) is 6.52. The number of amides is 2. The van der Waals surface area contributed by atoms with Crippen molar-refractivity contribution in [1.29, 1.82) is 0 Å². The molecule has 0 saturated heterocycles. The van der Waals surface area contributed by atoms with Crippen molar-refractivity contribution < 1.29 is 14.3 Å². The van der Waals surface area contributed by atoms with E-state index in [2.05, 4.69) is 33.5 Å². The minimum absolute atomic E-state index is 0.102. The maximum atomic E-state index is 12.1. The molecule has 0 heterocycles. The molecule has 0 unspecified atom stereocenters. The normalized spacial score (nSPS) is 10.2. The zero-order chi connectivity index (χ0) is 18.8. The molecule has 2 amide bonds. The molecule has 0 atom stereocenters. The first kappa shape index (κ1) is 20.0. The van der Waals surface area contributed by atoms with Gasteiger partial charge in [-0.2, -0.15) is 0 Å². The molecule has 0 aliphatic heterocycles. The fourth-order valence-corrected chi connectivity index (χ4v) is 2.65. The smallest absolute Gasteiger partial charge is 0.251 e. The van der Waals surface area contributed by atoms with Crippen LogP contribution >= 0.6 is 15.9 Å². The maximum absolute atomic E-state index is 12.1. The van der Waals surface area contributed by atoms with Crippen LogP contribution in [0.4, 0.5) is 5.69 Å². The molecule has 2 rings (SSSR count).